The van der Waals surface area contributed by atoms with Crippen LogP contribution in [0.1, 0.15) is 16.8 Å². The van der Waals surface area contributed by atoms with Gasteiger partial charge in [0.15, 0.2) is 0 Å². The lowest BCUT2D eigenvalue weighted by Gasteiger charge is -2.11. The van der Waals surface area contributed by atoms with E-state index in [-0.39, 0.29) is 17.9 Å². The van der Waals surface area contributed by atoms with Crippen LogP contribution in [0.2, 0.25) is 0 Å². The van der Waals surface area contributed by atoms with E-state index in [1.165, 1.54) is 6.20 Å². The number of nitrogens with one attached hydrogen (secondary N) is 1. The van der Waals surface area contributed by atoms with Crippen LogP contribution in [0.4, 0.5) is 0 Å². The van der Waals surface area contributed by atoms with Crippen LogP contribution in [-0.4, -0.2) is 46.1 Å². The maximum Gasteiger partial charge on any atom is 0.254 e. The summed E-state index contributed by atoms with van der Waals surface area (Å²) in [5, 5.41) is 6.74. The highest BCUT2D eigenvalue weighted by Crippen LogP contribution is 2.09. The first-order valence-corrected chi connectivity index (χ1v) is 5.09. The fourth-order valence-electron chi connectivity index (χ4n) is 1.77. The van der Waals surface area contributed by atoms with Crippen molar-refractivity contribution in [2.75, 3.05) is 13.6 Å². The highest BCUT2D eigenvalue weighted by Gasteiger charge is 2.28. The molecule has 1 aromatic rings. The maximum absolute atomic E-state index is 11.7. The van der Waals surface area contributed by atoms with E-state index in [1.54, 1.807) is 29.9 Å². The summed E-state index contributed by atoms with van der Waals surface area (Å²) >= 11 is 0. The van der Waals surface area contributed by atoms with Crippen LogP contribution in [-0.2, 0) is 11.8 Å². The molecule has 0 aromatic carbocycles. The van der Waals surface area contributed by atoms with Crippen LogP contribution >= 0.6 is 0 Å². The molecule has 1 aromatic heterocycles. The number of carbonyl (C=O) groups is 2. The van der Waals surface area contributed by atoms with E-state index >= 15 is 0 Å². The number of amides is 2. The van der Waals surface area contributed by atoms with Crippen molar-refractivity contribution in [2.45, 2.75) is 12.5 Å². The van der Waals surface area contributed by atoms with Gasteiger partial charge in [0, 0.05) is 33.3 Å². The third kappa shape index (κ3) is 2.05. The fraction of sp³-hybridized carbons (Fsp3) is 0.500. The Labute approximate surface area is 93.2 Å². The second kappa shape index (κ2) is 3.96. The maximum atomic E-state index is 11.7. The van der Waals surface area contributed by atoms with Gasteiger partial charge in [-0.25, -0.2) is 0 Å². The molecule has 1 saturated heterocycles. The third-order valence-electron chi connectivity index (χ3n) is 2.64. The summed E-state index contributed by atoms with van der Waals surface area (Å²) in [7, 11) is 3.49. The van der Waals surface area contributed by atoms with E-state index in [1.807, 2.05) is 0 Å². The highest BCUT2D eigenvalue weighted by molar-refractivity contribution is 5.94. The van der Waals surface area contributed by atoms with Crippen molar-refractivity contribution in [3.63, 3.8) is 0 Å². The van der Waals surface area contributed by atoms with Gasteiger partial charge < -0.3 is 10.2 Å². The second-order valence-electron chi connectivity index (χ2n) is 4.05. The highest BCUT2D eigenvalue weighted by atomic mass is 16.2. The Morgan fingerprint density at radius 2 is 2.31 bits per heavy atom. The zero-order chi connectivity index (χ0) is 11.7. The Morgan fingerprint density at radius 1 is 1.56 bits per heavy atom. The van der Waals surface area contributed by atoms with Crippen LogP contribution in [0.25, 0.3) is 0 Å². The number of likely N-dealkylation sites (tertiary alicyclic amines) is 1. The van der Waals surface area contributed by atoms with Crippen LogP contribution < -0.4 is 5.32 Å². The van der Waals surface area contributed by atoms with Gasteiger partial charge in [0.25, 0.3) is 5.91 Å². The lowest BCUT2D eigenvalue weighted by atomic mass is 10.2. The quantitative estimate of drug-likeness (QED) is 0.725. The van der Waals surface area contributed by atoms with Gasteiger partial charge in [0.1, 0.15) is 0 Å². The Balaban J connectivity index is 1.96. The molecule has 16 heavy (non-hydrogen) atoms. The molecule has 6 heteroatoms. The SMILES string of the molecule is CN1CC(NC(=O)c2cnn(C)c2)CC1=O. The fourth-order valence-corrected chi connectivity index (χ4v) is 1.77. The van der Waals surface area contributed by atoms with Crippen LogP contribution in [0.3, 0.4) is 0 Å². The van der Waals surface area contributed by atoms with Gasteiger partial charge in [0.05, 0.1) is 17.8 Å². The molecule has 0 spiro atoms. The number of rotatable bonds is 2. The predicted octanol–water partition coefficient (Wildman–Crippen LogP) is -0.619. The van der Waals surface area contributed by atoms with Crippen LogP contribution in [0.5, 0.6) is 0 Å². The zero-order valence-corrected chi connectivity index (χ0v) is 9.30. The molecule has 6 nitrogen and oxygen atoms in total. The van der Waals surface area contributed by atoms with E-state index in [9.17, 15) is 9.59 Å². The molecule has 1 aliphatic heterocycles. The number of hydrogen-bond donors (Lipinski definition) is 1. The number of aryl methyl sites for hydroxylation is 1. The van der Waals surface area contributed by atoms with Crippen molar-refractivity contribution in [3.8, 4) is 0 Å². The van der Waals surface area contributed by atoms with Gasteiger partial charge in [-0.3, -0.25) is 14.3 Å². The molecule has 2 rings (SSSR count). The lowest BCUT2D eigenvalue weighted by molar-refractivity contribution is -0.126. The molecule has 2 heterocycles. The lowest BCUT2D eigenvalue weighted by Crippen LogP contribution is -2.36. The van der Waals surface area contributed by atoms with Crippen molar-refractivity contribution in [1.29, 1.82) is 0 Å². The van der Waals surface area contributed by atoms with Crippen molar-refractivity contribution in [1.82, 2.24) is 20.0 Å². The molecule has 1 unspecified atom stereocenters. The average molecular weight is 222 g/mol. The number of nitrogens with zero attached hydrogens (tertiary/aromatic N) is 3. The Bertz CT molecular complexity index is 426. The summed E-state index contributed by atoms with van der Waals surface area (Å²) in [6.07, 6.45) is 3.54. The topological polar surface area (TPSA) is 67.2 Å². The third-order valence-corrected chi connectivity index (χ3v) is 2.64. The second-order valence-corrected chi connectivity index (χ2v) is 4.05. The predicted molar refractivity (Wildman–Crippen MR) is 56.7 cm³/mol. The summed E-state index contributed by atoms with van der Waals surface area (Å²) in [6, 6.07) is -0.0924. The minimum Gasteiger partial charge on any atom is -0.347 e. The van der Waals surface area contributed by atoms with Gasteiger partial charge in [-0.05, 0) is 0 Å². The van der Waals surface area contributed by atoms with Crippen molar-refractivity contribution < 1.29 is 9.59 Å². The monoisotopic (exact) mass is 222 g/mol. The Morgan fingerprint density at radius 3 is 2.81 bits per heavy atom. The standard InChI is InChI=1S/C10H14N4O2/c1-13-6-8(3-9(13)15)12-10(16)7-4-11-14(2)5-7/h4-5,8H,3,6H2,1-2H3,(H,12,16). The Hall–Kier alpha value is -1.85. The summed E-state index contributed by atoms with van der Waals surface area (Å²) < 4.78 is 1.57. The largest absolute Gasteiger partial charge is 0.347 e. The number of likely N-dealkylation sites (N-methyl/N-ethyl adjacent to an activating group) is 1. The summed E-state index contributed by atoms with van der Waals surface area (Å²) in [5.74, 6) is -0.113. The molecule has 1 aliphatic rings. The first kappa shape index (κ1) is 10.7. The van der Waals surface area contributed by atoms with Crippen molar-refractivity contribution >= 4 is 11.8 Å². The Kier molecular flexibility index (Phi) is 2.64. The zero-order valence-electron chi connectivity index (χ0n) is 9.30. The van der Waals surface area contributed by atoms with Crippen LogP contribution in [0.15, 0.2) is 12.4 Å². The van der Waals surface area contributed by atoms with Gasteiger partial charge in [-0.15, -0.1) is 0 Å². The summed E-state index contributed by atoms with van der Waals surface area (Å²) in [5.41, 5.74) is 0.518. The molecule has 0 aliphatic carbocycles. The van der Waals surface area contributed by atoms with E-state index < -0.39 is 0 Å². The van der Waals surface area contributed by atoms with Crippen molar-refractivity contribution in [3.05, 3.63) is 18.0 Å². The number of aromatic nitrogens is 2. The normalized spacial score (nSPS) is 20.2. The molecule has 0 radical (unpaired) electrons. The molecule has 0 saturated carbocycles. The minimum absolute atomic E-state index is 0.0662. The molecule has 1 N–H and O–H groups in total. The smallest absolute Gasteiger partial charge is 0.254 e. The summed E-state index contributed by atoms with van der Waals surface area (Å²) in [6.45, 7) is 0.574. The van der Waals surface area contributed by atoms with Crippen molar-refractivity contribution in [2.24, 2.45) is 7.05 Å². The van der Waals surface area contributed by atoms with E-state index in [4.69, 9.17) is 0 Å². The number of hydrogen-bond acceptors (Lipinski definition) is 3. The molecule has 1 atom stereocenters. The van der Waals surface area contributed by atoms with Gasteiger partial charge in [0.2, 0.25) is 5.91 Å². The molecule has 0 bridgehead atoms. The van der Waals surface area contributed by atoms with E-state index in [0.717, 1.165) is 0 Å². The first-order chi connectivity index (χ1) is 7.56. The summed E-state index contributed by atoms with van der Waals surface area (Å²) in [4.78, 5) is 24.6. The average Bonchev–Trinajstić information content (AvgIpc) is 2.75. The van der Waals surface area contributed by atoms with Gasteiger partial charge in [-0.1, -0.05) is 0 Å². The molecule has 2 amide bonds. The van der Waals surface area contributed by atoms with E-state index in [0.29, 0.717) is 18.5 Å². The van der Waals surface area contributed by atoms with Crippen LogP contribution in [0, 0.1) is 0 Å². The minimum atomic E-state index is -0.179. The van der Waals surface area contributed by atoms with Gasteiger partial charge >= 0.3 is 0 Å². The molecular formula is C10H14N4O2. The molecule has 86 valence electrons. The molecule has 1 fully saturated rings. The first-order valence-electron chi connectivity index (χ1n) is 5.09. The molecular weight excluding hydrogens is 208 g/mol. The van der Waals surface area contributed by atoms with E-state index in [2.05, 4.69) is 10.4 Å². The van der Waals surface area contributed by atoms with Gasteiger partial charge in [-0.2, -0.15) is 5.10 Å². The number of carbonyl (C=O) groups excluding carboxylic acids is 2.